The topological polar surface area (TPSA) is 71.6 Å². The van der Waals surface area contributed by atoms with Gasteiger partial charge in [-0.05, 0) is 95.8 Å². The lowest BCUT2D eigenvalue weighted by molar-refractivity contribution is 0.330. The summed E-state index contributed by atoms with van der Waals surface area (Å²) in [4.78, 5) is 3.53. The maximum atomic E-state index is 8.73. The highest BCUT2D eigenvalue weighted by Gasteiger charge is 2.10. The predicted molar refractivity (Wildman–Crippen MR) is 173 cm³/mol. The van der Waals surface area contributed by atoms with Crippen molar-refractivity contribution in [3.63, 3.8) is 0 Å². The minimum absolute atomic E-state index is 0.398. The van der Waals surface area contributed by atoms with Gasteiger partial charge in [0.15, 0.2) is 11.5 Å². The number of likely N-dealkylation sites (N-methyl/N-ethyl adjacent to an activating group) is 1. The Labute approximate surface area is 243 Å². The average molecular weight is 556 g/mol. The van der Waals surface area contributed by atoms with Gasteiger partial charge in [0.05, 0.1) is 19.9 Å². The number of nitrogens with zero attached hydrogens (tertiary/aromatic N) is 1. The second-order valence-corrected chi connectivity index (χ2v) is 10.8. The van der Waals surface area contributed by atoms with Gasteiger partial charge >= 0.3 is 0 Å². The minimum Gasteiger partial charge on any atom is -0.493 e. The molecular weight excluding hydrogens is 514 g/mol. The summed E-state index contributed by atoms with van der Waals surface area (Å²) in [6, 6.07) is 18.5. The number of hydrogen-bond donors (Lipinski definition) is 2. The molecule has 210 valence electrons. The van der Waals surface area contributed by atoms with Crippen LogP contribution in [-0.2, 0) is 19.4 Å². The second kappa shape index (κ2) is 15.2. The van der Waals surface area contributed by atoms with E-state index in [0.29, 0.717) is 11.4 Å². The number of allylic oxidation sites excluding steroid dienone is 3. The number of aryl methyl sites for hydroxylation is 1. The van der Waals surface area contributed by atoms with E-state index in [1.807, 2.05) is 48.7 Å². The number of nitrogens with one attached hydrogen (secondary N) is 1. The minimum atomic E-state index is 0.398. The highest BCUT2D eigenvalue weighted by molar-refractivity contribution is 8.05. The third kappa shape index (κ3) is 8.63. The lowest BCUT2D eigenvalue weighted by Gasteiger charge is -2.17. The lowest BCUT2D eigenvalue weighted by Crippen LogP contribution is -2.20. The number of nitrogens with two attached hydrogens (primary N) is 1. The Morgan fingerprint density at radius 2 is 1.82 bits per heavy atom. The summed E-state index contributed by atoms with van der Waals surface area (Å²) in [5.74, 6) is 1.50. The molecule has 3 aromatic carbocycles. The first kappa shape index (κ1) is 30.8. The number of methoxy groups -OCH3 is 2. The van der Waals surface area contributed by atoms with E-state index in [9.17, 15) is 0 Å². The van der Waals surface area contributed by atoms with Crippen LogP contribution in [0.2, 0.25) is 0 Å². The van der Waals surface area contributed by atoms with Crippen molar-refractivity contribution in [3.05, 3.63) is 117 Å². The van der Waals surface area contributed by atoms with E-state index >= 15 is 0 Å². The number of nitrogen functional groups attached to an aromatic ring is 1. The van der Waals surface area contributed by atoms with Crippen LogP contribution in [0, 0.1) is 12.3 Å². The Bertz CT molecular complexity index is 1390. The van der Waals surface area contributed by atoms with Gasteiger partial charge in [-0.2, -0.15) is 0 Å². The van der Waals surface area contributed by atoms with Crippen LogP contribution in [-0.4, -0.2) is 38.4 Å². The quantitative estimate of drug-likeness (QED) is 0.158. The van der Waals surface area contributed by atoms with Crippen LogP contribution in [0.1, 0.15) is 40.3 Å². The lowest BCUT2D eigenvalue weighted by atomic mass is 9.97. The zero-order valence-electron chi connectivity index (χ0n) is 24.3. The molecule has 0 aromatic heterocycles. The summed E-state index contributed by atoms with van der Waals surface area (Å²) in [5.41, 5.74) is 13.9. The fourth-order valence-corrected chi connectivity index (χ4v) is 5.11. The Balaban J connectivity index is 1.65. The number of anilines is 1. The van der Waals surface area contributed by atoms with Gasteiger partial charge in [-0.3, -0.25) is 0 Å². The van der Waals surface area contributed by atoms with E-state index in [1.54, 1.807) is 26.0 Å². The first-order chi connectivity index (χ1) is 19.3. The van der Waals surface area contributed by atoms with Crippen molar-refractivity contribution < 1.29 is 9.47 Å². The Hall–Kier alpha value is -3.74. The van der Waals surface area contributed by atoms with Gasteiger partial charge in [-0.1, -0.05) is 49.1 Å². The van der Waals surface area contributed by atoms with Gasteiger partial charge in [0.1, 0.15) is 0 Å². The van der Waals surface area contributed by atoms with Gasteiger partial charge in [0.25, 0.3) is 0 Å². The van der Waals surface area contributed by atoms with E-state index in [-0.39, 0.29) is 0 Å². The van der Waals surface area contributed by atoms with Crippen LogP contribution in [0.4, 0.5) is 5.69 Å². The monoisotopic (exact) mass is 555 g/mol. The Morgan fingerprint density at radius 3 is 2.52 bits per heavy atom. The van der Waals surface area contributed by atoms with Gasteiger partial charge < -0.3 is 25.5 Å². The first-order valence-electron chi connectivity index (χ1n) is 13.3. The maximum absolute atomic E-state index is 8.73. The molecule has 40 heavy (non-hydrogen) atoms. The summed E-state index contributed by atoms with van der Waals surface area (Å²) < 4.78 is 10.8. The van der Waals surface area contributed by atoms with Crippen LogP contribution in [0.5, 0.6) is 11.5 Å². The van der Waals surface area contributed by atoms with Crippen molar-refractivity contribution in [1.82, 2.24) is 4.90 Å². The number of benzene rings is 3. The van der Waals surface area contributed by atoms with Crippen LogP contribution < -0.4 is 15.2 Å². The van der Waals surface area contributed by atoms with E-state index in [1.165, 1.54) is 21.6 Å². The molecule has 0 fully saturated rings. The molecule has 0 aliphatic heterocycles. The van der Waals surface area contributed by atoms with E-state index in [0.717, 1.165) is 54.1 Å². The zero-order chi connectivity index (χ0) is 29.1. The molecule has 0 aliphatic rings. The number of rotatable bonds is 14. The molecule has 0 unspecified atom stereocenters. The average Bonchev–Trinajstić information content (AvgIpc) is 2.95. The third-order valence-electron chi connectivity index (χ3n) is 6.80. The van der Waals surface area contributed by atoms with Crippen molar-refractivity contribution in [1.29, 1.82) is 5.41 Å². The highest BCUT2D eigenvalue weighted by Crippen LogP contribution is 2.28. The van der Waals surface area contributed by atoms with Crippen LogP contribution in [0.15, 0.2) is 83.6 Å². The molecular formula is C34H41N3O2S. The molecule has 0 atom stereocenters. The Morgan fingerprint density at radius 1 is 1.05 bits per heavy atom. The predicted octanol–water partition coefficient (Wildman–Crippen LogP) is 7.67. The number of hydrogen-bond acceptors (Lipinski definition) is 6. The van der Waals surface area contributed by atoms with Crippen LogP contribution in [0.25, 0.3) is 6.08 Å². The maximum Gasteiger partial charge on any atom is 0.160 e. The van der Waals surface area contributed by atoms with Crippen LogP contribution >= 0.6 is 11.8 Å². The zero-order valence-corrected chi connectivity index (χ0v) is 25.1. The van der Waals surface area contributed by atoms with Crippen molar-refractivity contribution >= 4 is 29.2 Å². The third-order valence-corrected chi connectivity index (χ3v) is 7.65. The molecule has 3 rings (SSSR count). The van der Waals surface area contributed by atoms with Crippen molar-refractivity contribution in [2.75, 3.05) is 33.5 Å². The van der Waals surface area contributed by atoms with E-state index < -0.39 is 0 Å². The number of thioether (sulfide) groups is 1. The van der Waals surface area contributed by atoms with Gasteiger partial charge in [-0.15, -0.1) is 11.8 Å². The highest BCUT2D eigenvalue weighted by atomic mass is 32.2. The van der Waals surface area contributed by atoms with Gasteiger partial charge in [-0.25, -0.2) is 0 Å². The molecule has 0 amide bonds. The van der Waals surface area contributed by atoms with Crippen LogP contribution in [0.3, 0.4) is 0 Å². The molecule has 0 aliphatic carbocycles. The molecule has 0 saturated heterocycles. The standard InChI is InChI=1S/C34H41N3O2S/c1-7-29(40-8-2)21-28-22-30(32(36)18-24(28)3)31(35)14-12-25-10-9-11-27(19-25)23-37(4)17-16-26-13-15-33(38-5)34(20-26)39-6/h7-15,18-20,22,35H,2,16-17,21,23,36H2,1,3-6H3/b14-12+,29-7-,35-31?. The molecule has 0 spiro atoms. The van der Waals surface area contributed by atoms with Gasteiger partial charge in [0, 0.05) is 30.8 Å². The Kier molecular flexibility index (Phi) is 11.7. The van der Waals surface area contributed by atoms with Crippen molar-refractivity contribution in [2.24, 2.45) is 0 Å². The van der Waals surface area contributed by atoms with Crippen molar-refractivity contribution in [3.8, 4) is 11.5 Å². The molecule has 6 heteroatoms. The molecule has 3 N–H and O–H groups in total. The first-order valence-corrected chi connectivity index (χ1v) is 14.2. The smallest absolute Gasteiger partial charge is 0.160 e. The number of ether oxygens (including phenoxy) is 2. The molecule has 0 bridgehead atoms. The largest absolute Gasteiger partial charge is 0.493 e. The normalized spacial score (nSPS) is 11.7. The SMILES string of the molecule is C=CS/C(=C\C)Cc1cc(C(=N)/C=C/c2cccc(CN(C)CCc3ccc(OC)c(OC)c3)c2)c(N)cc1C. The fourth-order valence-electron chi connectivity index (χ4n) is 4.52. The summed E-state index contributed by atoms with van der Waals surface area (Å²) in [6.45, 7) is 9.67. The summed E-state index contributed by atoms with van der Waals surface area (Å²) >= 11 is 1.63. The molecule has 3 aromatic rings. The molecule has 5 nitrogen and oxygen atoms in total. The molecule has 0 saturated carbocycles. The van der Waals surface area contributed by atoms with E-state index in [4.69, 9.17) is 20.6 Å². The van der Waals surface area contributed by atoms with Crippen molar-refractivity contribution in [2.45, 2.75) is 33.2 Å². The second-order valence-electron chi connectivity index (χ2n) is 9.75. The van der Waals surface area contributed by atoms with Gasteiger partial charge in [0.2, 0.25) is 0 Å². The summed E-state index contributed by atoms with van der Waals surface area (Å²) in [5, 5.41) is 10.6. The molecule has 0 heterocycles. The molecule has 0 radical (unpaired) electrons. The summed E-state index contributed by atoms with van der Waals surface area (Å²) in [6.07, 6.45) is 7.63. The summed E-state index contributed by atoms with van der Waals surface area (Å²) in [7, 11) is 5.44. The van der Waals surface area contributed by atoms with E-state index in [2.05, 4.69) is 61.9 Å². The fraction of sp³-hybridized carbons (Fsp3) is 0.265.